The molecule has 20 heavy (non-hydrogen) atoms. The van der Waals surface area contributed by atoms with Crippen LogP contribution in [-0.2, 0) is 4.74 Å². The number of thiocarbonyl (C=S) groups is 1. The number of aromatic hydroxyl groups is 1. The zero-order valence-electron chi connectivity index (χ0n) is 10.8. The Bertz CT molecular complexity index is 662. The maximum atomic E-state index is 9.68. The van der Waals surface area contributed by atoms with Crippen LogP contribution in [0, 0.1) is 0 Å². The van der Waals surface area contributed by atoms with Gasteiger partial charge in [-0.05, 0) is 23.6 Å². The molecule has 3 N–H and O–H groups in total. The van der Waals surface area contributed by atoms with E-state index in [2.05, 4.69) is 9.88 Å². The topological polar surface area (TPSA) is 71.6 Å². The molecule has 104 valence electrons. The lowest BCUT2D eigenvalue weighted by molar-refractivity contribution is 0.0845. The lowest BCUT2D eigenvalue weighted by atomic mass is 10.1. The second-order valence-corrected chi connectivity index (χ2v) is 5.22. The third-order valence-electron chi connectivity index (χ3n) is 3.41. The lowest BCUT2D eigenvalue weighted by Gasteiger charge is -2.33. The van der Waals surface area contributed by atoms with Crippen molar-refractivity contribution in [2.24, 2.45) is 5.73 Å². The summed E-state index contributed by atoms with van der Waals surface area (Å²) >= 11 is 5.00. The van der Waals surface area contributed by atoms with Crippen LogP contribution in [-0.4, -0.2) is 40.9 Å². The molecule has 3 rings (SSSR count). The molecule has 1 aromatic carbocycles. The normalized spacial score (nSPS) is 19.2. The van der Waals surface area contributed by atoms with Crippen molar-refractivity contribution in [2.45, 2.75) is 6.10 Å². The highest BCUT2D eigenvalue weighted by Gasteiger charge is 2.24. The Hall–Kier alpha value is -1.92. The zero-order chi connectivity index (χ0) is 14.1. The van der Waals surface area contributed by atoms with Crippen LogP contribution in [0.5, 0.6) is 5.75 Å². The van der Waals surface area contributed by atoms with E-state index in [-0.39, 0.29) is 11.9 Å². The fourth-order valence-electron chi connectivity index (χ4n) is 2.41. The van der Waals surface area contributed by atoms with Crippen LogP contribution in [0.3, 0.4) is 0 Å². The van der Waals surface area contributed by atoms with Crippen molar-refractivity contribution in [3.63, 3.8) is 0 Å². The van der Waals surface area contributed by atoms with E-state index in [0.29, 0.717) is 18.1 Å². The van der Waals surface area contributed by atoms with Gasteiger partial charge in [-0.25, -0.2) is 4.98 Å². The van der Waals surface area contributed by atoms with Crippen LogP contribution in [0.25, 0.3) is 10.8 Å². The van der Waals surface area contributed by atoms with Gasteiger partial charge < -0.3 is 20.5 Å². The Morgan fingerprint density at radius 1 is 1.45 bits per heavy atom. The van der Waals surface area contributed by atoms with E-state index in [9.17, 15) is 5.11 Å². The molecule has 1 aliphatic heterocycles. The summed E-state index contributed by atoms with van der Waals surface area (Å²) in [7, 11) is 0. The van der Waals surface area contributed by atoms with Crippen LogP contribution < -0.4 is 10.6 Å². The summed E-state index contributed by atoms with van der Waals surface area (Å²) in [5.41, 5.74) is 5.66. The van der Waals surface area contributed by atoms with Crippen molar-refractivity contribution in [1.82, 2.24) is 4.98 Å². The van der Waals surface area contributed by atoms with Gasteiger partial charge in [0, 0.05) is 18.1 Å². The van der Waals surface area contributed by atoms with E-state index in [1.165, 1.54) is 0 Å². The second-order valence-electron chi connectivity index (χ2n) is 4.75. The predicted octanol–water partition coefficient (Wildman–Crippen LogP) is 1.43. The molecule has 0 radical (unpaired) electrons. The van der Waals surface area contributed by atoms with E-state index >= 15 is 0 Å². The van der Waals surface area contributed by atoms with Crippen molar-refractivity contribution in [3.05, 3.63) is 30.5 Å². The number of nitrogens with two attached hydrogens (primary N) is 1. The van der Waals surface area contributed by atoms with Crippen LogP contribution in [0.1, 0.15) is 0 Å². The van der Waals surface area contributed by atoms with E-state index < -0.39 is 0 Å². The van der Waals surface area contributed by atoms with Crippen molar-refractivity contribution in [1.29, 1.82) is 0 Å². The molecule has 0 bridgehead atoms. The number of pyridine rings is 1. The number of fused-ring (bicyclic) bond motifs is 1. The first-order valence-corrected chi connectivity index (χ1v) is 6.79. The minimum Gasteiger partial charge on any atom is -0.508 e. The molecule has 1 aliphatic rings. The van der Waals surface area contributed by atoms with E-state index in [4.69, 9.17) is 22.7 Å². The number of aromatic nitrogens is 1. The summed E-state index contributed by atoms with van der Waals surface area (Å²) < 4.78 is 5.54. The smallest absolute Gasteiger partial charge is 0.136 e. The minimum atomic E-state index is -0.256. The molecule has 6 heteroatoms. The summed E-state index contributed by atoms with van der Waals surface area (Å²) in [5, 5.41) is 11.6. The Balaban J connectivity index is 2.01. The zero-order valence-corrected chi connectivity index (χ0v) is 11.6. The highest BCUT2D eigenvalue weighted by Crippen LogP contribution is 2.28. The average Bonchev–Trinajstić information content (AvgIpc) is 2.46. The van der Waals surface area contributed by atoms with Crippen LogP contribution in [0.15, 0.2) is 30.5 Å². The van der Waals surface area contributed by atoms with Crippen LogP contribution >= 0.6 is 12.2 Å². The van der Waals surface area contributed by atoms with Gasteiger partial charge in [0.2, 0.25) is 0 Å². The molecular weight excluding hydrogens is 274 g/mol. The van der Waals surface area contributed by atoms with Crippen LogP contribution in [0.4, 0.5) is 5.82 Å². The van der Waals surface area contributed by atoms with Gasteiger partial charge in [0.05, 0.1) is 13.2 Å². The SMILES string of the molecule is NC(=S)C1CN(c2nccc3ccc(O)cc23)CCO1. The molecule has 1 atom stereocenters. The third kappa shape index (κ3) is 2.39. The molecule has 5 nitrogen and oxygen atoms in total. The van der Waals surface area contributed by atoms with Gasteiger partial charge in [-0.1, -0.05) is 18.3 Å². The molecule has 2 aromatic rings. The number of phenols is 1. The Kier molecular flexibility index (Phi) is 3.42. The standard InChI is InChI=1S/C14H15N3O2S/c15-13(20)12-8-17(5-6-19-12)14-11-7-10(18)2-1-9(11)3-4-16-14/h1-4,7,12,18H,5-6,8H2,(H2,15,20). The number of benzene rings is 1. The largest absolute Gasteiger partial charge is 0.508 e. The first kappa shape index (κ1) is 13.1. The number of anilines is 1. The Morgan fingerprint density at radius 2 is 2.30 bits per heavy atom. The van der Waals surface area contributed by atoms with Gasteiger partial charge in [0.15, 0.2) is 0 Å². The summed E-state index contributed by atoms with van der Waals surface area (Å²) in [6.45, 7) is 1.86. The van der Waals surface area contributed by atoms with E-state index in [1.54, 1.807) is 18.3 Å². The monoisotopic (exact) mass is 289 g/mol. The summed E-state index contributed by atoms with van der Waals surface area (Å²) in [5.74, 6) is 1.05. The number of rotatable bonds is 2. The second kappa shape index (κ2) is 5.22. The Morgan fingerprint density at radius 3 is 3.10 bits per heavy atom. The van der Waals surface area contributed by atoms with E-state index in [0.717, 1.165) is 23.1 Å². The molecule has 0 amide bonds. The highest BCUT2D eigenvalue weighted by molar-refractivity contribution is 7.80. The maximum absolute atomic E-state index is 9.68. The maximum Gasteiger partial charge on any atom is 0.136 e. The molecule has 1 saturated heterocycles. The number of morpholine rings is 1. The quantitative estimate of drug-likeness (QED) is 0.815. The summed E-state index contributed by atoms with van der Waals surface area (Å²) in [4.78, 5) is 6.89. The fourth-order valence-corrected chi connectivity index (χ4v) is 2.55. The van der Waals surface area contributed by atoms with Gasteiger partial charge in [-0.2, -0.15) is 0 Å². The molecule has 2 heterocycles. The molecule has 1 fully saturated rings. The van der Waals surface area contributed by atoms with Crippen molar-refractivity contribution >= 4 is 33.8 Å². The molecule has 1 unspecified atom stereocenters. The van der Waals surface area contributed by atoms with Crippen molar-refractivity contribution in [3.8, 4) is 5.75 Å². The molecular formula is C14H15N3O2S. The van der Waals surface area contributed by atoms with Gasteiger partial charge in [-0.15, -0.1) is 0 Å². The third-order valence-corrected chi connectivity index (χ3v) is 3.67. The average molecular weight is 289 g/mol. The van der Waals surface area contributed by atoms with Gasteiger partial charge in [0.1, 0.15) is 22.7 Å². The highest BCUT2D eigenvalue weighted by atomic mass is 32.1. The Labute approximate surface area is 122 Å². The molecule has 1 aromatic heterocycles. The van der Waals surface area contributed by atoms with Gasteiger partial charge in [-0.3, -0.25) is 0 Å². The predicted molar refractivity (Wildman–Crippen MR) is 82.1 cm³/mol. The van der Waals surface area contributed by atoms with Crippen molar-refractivity contribution in [2.75, 3.05) is 24.6 Å². The molecule has 0 aliphatic carbocycles. The summed E-state index contributed by atoms with van der Waals surface area (Å²) in [6.07, 6.45) is 1.51. The van der Waals surface area contributed by atoms with Gasteiger partial charge in [0.25, 0.3) is 0 Å². The minimum absolute atomic E-state index is 0.228. The number of hydrogen-bond acceptors (Lipinski definition) is 5. The lowest BCUT2D eigenvalue weighted by Crippen LogP contribution is -2.48. The van der Waals surface area contributed by atoms with Crippen molar-refractivity contribution < 1.29 is 9.84 Å². The first-order chi connectivity index (χ1) is 9.65. The van der Waals surface area contributed by atoms with Gasteiger partial charge >= 0.3 is 0 Å². The number of ether oxygens (including phenoxy) is 1. The number of phenolic OH excluding ortho intramolecular Hbond substituents is 1. The number of hydrogen-bond donors (Lipinski definition) is 2. The van der Waals surface area contributed by atoms with Crippen LogP contribution in [0.2, 0.25) is 0 Å². The number of nitrogens with zero attached hydrogens (tertiary/aromatic N) is 2. The summed E-state index contributed by atoms with van der Waals surface area (Å²) in [6, 6.07) is 7.19. The molecule has 0 saturated carbocycles. The van der Waals surface area contributed by atoms with E-state index in [1.807, 2.05) is 12.1 Å². The first-order valence-electron chi connectivity index (χ1n) is 6.39. The molecule has 0 spiro atoms. The fraction of sp³-hybridized carbons (Fsp3) is 0.286.